The topological polar surface area (TPSA) is 59.8 Å². The van der Waals surface area contributed by atoms with E-state index in [0.29, 0.717) is 24.9 Å². The molecule has 1 heterocycles. The summed E-state index contributed by atoms with van der Waals surface area (Å²) >= 11 is 0. The van der Waals surface area contributed by atoms with Crippen molar-refractivity contribution in [2.75, 3.05) is 26.3 Å². The largest absolute Gasteiger partial charge is 0.439 e. The lowest BCUT2D eigenvalue weighted by molar-refractivity contribution is 0.0236. The van der Waals surface area contributed by atoms with Crippen molar-refractivity contribution in [3.05, 3.63) is 71.4 Å². The number of aliphatic hydroxyl groups is 1. The molecule has 1 atom stereocenters. The first-order chi connectivity index (χ1) is 16.4. The predicted octanol–water partition coefficient (Wildman–Crippen LogP) is 4.75. The number of aromatic nitrogens is 2. The molecule has 3 rings (SSSR count). The Hall–Kier alpha value is -3.11. The summed E-state index contributed by atoms with van der Waals surface area (Å²) in [5, 5.41) is 15.4. The number of aryl methyl sites for hydroxylation is 2. The third-order valence-electron chi connectivity index (χ3n) is 5.31. The predicted molar refractivity (Wildman–Crippen MR) is 135 cm³/mol. The van der Waals surface area contributed by atoms with E-state index in [4.69, 9.17) is 21.0 Å². The van der Waals surface area contributed by atoms with Gasteiger partial charge in [0, 0.05) is 19.6 Å². The molecule has 34 heavy (non-hydrogen) atoms. The highest BCUT2D eigenvalue weighted by atomic mass is 16.5. The summed E-state index contributed by atoms with van der Waals surface area (Å²) in [5.74, 6) is 4.30. The van der Waals surface area contributed by atoms with Crippen molar-refractivity contribution in [1.82, 2.24) is 14.7 Å². The minimum Gasteiger partial charge on any atom is -0.439 e. The van der Waals surface area contributed by atoms with Crippen LogP contribution in [0.1, 0.15) is 30.7 Å². The van der Waals surface area contributed by atoms with Gasteiger partial charge in [0.15, 0.2) is 0 Å². The summed E-state index contributed by atoms with van der Waals surface area (Å²) in [6, 6.07) is 18.0. The number of benzene rings is 2. The first kappa shape index (κ1) is 25.5. The van der Waals surface area contributed by atoms with Gasteiger partial charge in [-0.25, -0.2) is 4.68 Å². The molecule has 2 aromatic carbocycles. The molecule has 0 saturated heterocycles. The molecule has 6 nitrogen and oxygen atoms in total. The number of rotatable bonds is 12. The maximum atomic E-state index is 10.5. The molecule has 0 spiro atoms. The van der Waals surface area contributed by atoms with Crippen LogP contribution in [0, 0.1) is 32.1 Å². The van der Waals surface area contributed by atoms with E-state index in [1.54, 1.807) is 0 Å². The van der Waals surface area contributed by atoms with E-state index in [2.05, 4.69) is 24.7 Å². The number of ether oxygens (including phenoxy) is 2. The van der Waals surface area contributed by atoms with Crippen LogP contribution < -0.4 is 4.74 Å². The molecule has 180 valence electrons. The number of hydrogen-bond acceptors (Lipinski definition) is 5. The summed E-state index contributed by atoms with van der Waals surface area (Å²) in [6.07, 6.45) is 4.61. The van der Waals surface area contributed by atoms with Crippen molar-refractivity contribution in [3.8, 4) is 29.7 Å². The second-order valence-electron chi connectivity index (χ2n) is 9.00. The molecular formula is C28H35N3O3. The molecule has 0 aliphatic heterocycles. The molecular weight excluding hydrogens is 426 g/mol. The standard InChI is InChI=1S/C28H35N3O3/c1-6-15-33-20-25(32)18-30(17-21(2)3)19-27-23(5)29-31(24-12-8-7-9-13-24)28(27)34-26-14-10-11-22(4)16-26/h1,7-14,16,21,25,32H,15,17-20H2,2-5H3. The summed E-state index contributed by atoms with van der Waals surface area (Å²) in [5.41, 5.74) is 3.93. The van der Waals surface area contributed by atoms with Crippen molar-refractivity contribution in [2.45, 2.75) is 40.3 Å². The van der Waals surface area contributed by atoms with E-state index < -0.39 is 6.10 Å². The van der Waals surface area contributed by atoms with Gasteiger partial charge in [-0.2, -0.15) is 5.10 Å². The zero-order valence-electron chi connectivity index (χ0n) is 20.6. The molecule has 0 aliphatic carbocycles. The maximum Gasteiger partial charge on any atom is 0.227 e. The number of para-hydroxylation sites is 1. The van der Waals surface area contributed by atoms with Gasteiger partial charge in [-0.1, -0.05) is 50.1 Å². The Kier molecular flexibility index (Phi) is 9.29. The van der Waals surface area contributed by atoms with Crippen LogP contribution in [0.5, 0.6) is 11.6 Å². The number of hydrogen-bond donors (Lipinski definition) is 1. The van der Waals surface area contributed by atoms with Crippen LogP contribution in [-0.2, 0) is 11.3 Å². The minimum atomic E-state index is -0.641. The summed E-state index contributed by atoms with van der Waals surface area (Å²) in [4.78, 5) is 2.22. The first-order valence-corrected chi connectivity index (χ1v) is 11.7. The average molecular weight is 462 g/mol. The second kappa shape index (κ2) is 12.4. The van der Waals surface area contributed by atoms with Gasteiger partial charge in [0.05, 0.1) is 29.7 Å². The van der Waals surface area contributed by atoms with Gasteiger partial charge in [-0.05, 0) is 49.6 Å². The van der Waals surface area contributed by atoms with Gasteiger partial charge in [0.2, 0.25) is 5.88 Å². The monoisotopic (exact) mass is 461 g/mol. The van der Waals surface area contributed by atoms with Crippen molar-refractivity contribution in [1.29, 1.82) is 0 Å². The number of terminal acetylenes is 1. The minimum absolute atomic E-state index is 0.193. The fourth-order valence-electron chi connectivity index (χ4n) is 3.91. The van der Waals surface area contributed by atoms with Crippen molar-refractivity contribution in [2.24, 2.45) is 5.92 Å². The van der Waals surface area contributed by atoms with Crippen molar-refractivity contribution >= 4 is 0 Å². The zero-order valence-corrected chi connectivity index (χ0v) is 20.6. The fourth-order valence-corrected chi connectivity index (χ4v) is 3.91. The lowest BCUT2D eigenvalue weighted by Crippen LogP contribution is -2.37. The van der Waals surface area contributed by atoms with Crippen LogP contribution in [0.2, 0.25) is 0 Å². The summed E-state index contributed by atoms with van der Waals surface area (Å²) in [7, 11) is 0. The van der Waals surface area contributed by atoms with Gasteiger partial charge in [0.1, 0.15) is 12.4 Å². The molecule has 0 bridgehead atoms. The second-order valence-corrected chi connectivity index (χ2v) is 9.00. The van der Waals surface area contributed by atoms with Crippen LogP contribution >= 0.6 is 0 Å². The fraction of sp³-hybridized carbons (Fsp3) is 0.393. The van der Waals surface area contributed by atoms with Crippen LogP contribution in [0.4, 0.5) is 0 Å². The highest BCUT2D eigenvalue weighted by Gasteiger charge is 2.23. The molecule has 0 radical (unpaired) electrons. The van der Waals surface area contributed by atoms with Crippen LogP contribution in [-0.4, -0.2) is 52.2 Å². The molecule has 6 heteroatoms. The normalized spacial score (nSPS) is 12.2. The number of nitrogens with zero attached hydrogens (tertiary/aromatic N) is 3. The van der Waals surface area contributed by atoms with Crippen molar-refractivity contribution < 1.29 is 14.6 Å². The van der Waals surface area contributed by atoms with E-state index >= 15 is 0 Å². The maximum absolute atomic E-state index is 10.5. The summed E-state index contributed by atoms with van der Waals surface area (Å²) in [6.45, 7) is 10.6. The molecule has 0 amide bonds. The van der Waals surface area contributed by atoms with Crippen molar-refractivity contribution in [3.63, 3.8) is 0 Å². The first-order valence-electron chi connectivity index (χ1n) is 11.7. The molecule has 0 saturated carbocycles. The molecule has 1 aromatic heterocycles. The SMILES string of the molecule is C#CCOCC(O)CN(Cc1c(C)nn(-c2ccccc2)c1Oc1cccc(C)c1)CC(C)C. The lowest BCUT2D eigenvalue weighted by Gasteiger charge is -2.27. The van der Waals surface area contributed by atoms with Gasteiger partial charge < -0.3 is 14.6 Å². The van der Waals surface area contributed by atoms with Gasteiger partial charge in [-0.15, -0.1) is 6.42 Å². The Morgan fingerprint density at radius 1 is 1.09 bits per heavy atom. The third kappa shape index (κ3) is 7.19. The summed E-state index contributed by atoms with van der Waals surface area (Å²) < 4.78 is 13.7. The Labute approximate surface area is 203 Å². The van der Waals surface area contributed by atoms with E-state index in [1.807, 2.05) is 73.1 Å². The Bertz CT molecular complexity index is 1090. The molecule has 3 aromatic rings. The van der Waals surface area contributed by atoms with Gasteiger partial charge in [0.25, 0.3) is 0 Å². The third-order valence-corrected chi connectivity index (χ3v) is 5.31. The van der Waals surface area contributed by atoms with Gasteiger partial charge >= 0.3 is 0 Å². The Balaban J connectivity index is 1.94. The highest BCUT2D eigenvalue weighted by molar-refractivity contribution is 5.43. The smallest absolute Gasteiger partial charge is 0.227 e. The van der Waals surface area contributed by atoms with Crippen LogP contribution in [0.3, 0.4) is 0 Å². The lowest BCUT2D eigenvalue weighted by atomic mass is 10.1. The Morgan fingerprint density at radius 3 is 2.53 bits per heavy atom. The van der Waals surface area contributed by atoms with E-state index in [9.17, 15) is 5.11 Å². The van der Waals surface area contributed by atoms with E-state index in [-0.39, 0.29) is 13.2 Å². The van der Waals surface area contributed by atoms with Crippen LogP contribution in [0.15, 0.2) is 54.6 Å². The molecule has 1 N–H and O–H groups in total. The van der Waals surface area contributed by atoms with E-state index in [1.165, 1.54) is 0 Å². The quantitative estimate of drug-likeness (QED) is 0.312. The average Bonchev–Trinajstić information content (AvgIpc) is 3.09. The van der Waals surface area contributed by atoms with Crippen LogP contribution in [0.25, 0.3) is 5.69 Å². The Morgan fingerprint density at radius 2 is 1.85 bits per heavy atom. The van der Waals surface area contributed by atoms with Gasteiger partial charge in [-0.3, -0.25) is 4.90 Å². The molecule has 0 fully saturated rings. The molecule has 1 unspecified atom stereocenters. The van der Waals surface area contributed by atoms with E-state index in [0.717, 1.165) is 34.8 Å². The number of aliphatic hydroxyl groups excluding tert-OH is 1. The highest BCUT2D eigenvalue weighted by Crippen LogP contribution is 2.32. The molecule has 0 aliphatic rings. The zero-order chi connectivity index (χ0) is 24.5.